The van der Waals surface area contributed by atoms with Gasteiger partial charge in [-0.05, 0) is 55.8 Å². The molecule has 1 aromatic heterocycles. The van der Waals surface area contributed by atoms with Gasteiger partial charge in [-0.2, -0.15) is 0 Å². The zero-order valence-electron chi connectivity index (χ0n) is 14.9. The third kappa shape index (κ3) is 4.38. The van der Waals surface area contributed by atoms with Crippen molar-refractivity contribution < 1.29 is 4.79 Å². The molecule has 3 aromatic rings. The van der Waals surface area contributed by atoms with E-state index < -0.39 is 6.03 Å². The minimum Gasteiger partial charge on any atom is -0.306 e. The third-order valence-corrected chi connectivity index (χ3v) is 5.23. The molecule has 0 saturated heterocycles. The van der Waals surface area contributed by atoms with E-state index in [0.717, 1.165) is 15.7 Å². The highest BCUT2D eigenvalue weighted by Gasteiger charge is 2.13. The molecule has 0 bridgehead atoms. The first-order valence-corrected chi connectivity index (χ1v) is 9.69. The number of carbonyl (C=O) groups excluding carboxylic acids is 1. The summed E-state index contributed by atoms with van der Waals surface area (Å²) < 4.78 is 2.35. The van der Waals surface area contributed by atoms with Gasteiger partial charge in [-0.1, -0.05) is 39.1 Å². The lowest BCUT2D eigenvalue weighted by Gasteiger charge is -2.06. The molecule has 0 saturated carbocycles. The fraction of sp³-hybridized carbons (Fsp3) is 0.105. The van der Waals surface area contributed by atoms with Crippen LogP contribution in [0.15, 0.2) is 50.7 Å². The number of aromatic nitrogens is 2. The maximum Gasteiger partial charge on any atom is 0.345 e. The van der Waals surface area contributed by atoms with Gasteiger partial charge in [0, 0.05) is 22.1 Å². The number of aryl methyl sites for hydroxylation is 2. The maximum atomic E-state index is 12.7. The van der Waals surface area contributed by atoms with Crippen LogP contribution in [0.3, 0.4) is 0 Å². The Morgan fingerprint density at radius 2 is 1.93 bits per heavy atom. The van der Waals surface area contributed by atoms with Gasteiger partial charge >= 0.3 is 6.03 Å². The van der Waals surface area contributed by atoms with E-state index in [2.05, 4.69) is 31.3 Å². The lowest BCUT2D eigenvalue weighted by Crippen LogP contribution is -2.18. The van der Waals surface area contributed by atoms with Gasteiger partial charge in [0.25, 0.3) is 5.56 Å². The summed E-state index contributed by atoms with van der Waals surface area (Å²) >= 11 is 15.2. The third-order valence-electron chi connectivity index (χ3n) is 4.00. The summed E-state index contributed by atoms with van der Waals surface area (Å²) in [6, 6.07) is 9.65. The predicted molar refractivity (Wildman–Crippen MR) is 117 cm³/mol. The zero-order chi connectivity index (χ0) is 20.4. The Hall–Kier alpha value is -2.35. The summed E-state index contributed by atoms with van der Waals surface area (Å²) in [4.78, 5) is 28.6. The second kappa shape index (κ2) is 8.34. The number of hydrogen-bond acceptors (Lipinski definition) is 2. The number of rotatable bonds is 3. The van der Waals surface area contributed by atoms with Gasteiger partial charge in [0.15, 0.2) is 0 Å². The van der Waals surface area contributed by atoms with Crippen LogP contribution in [-0.2, 0) is 0 Å². The van der Waals surface area contributed by atoms with Gasteiger partial charge in [0.1, 0.15) is 0 Å². The van der Waals surface area contributed by atoms with Gasteiger partial charge in [-0.15, -0.1) is 0 Å². The second-order valence-corrected chi connectivity index (χ2v) is 7.77. The SMILES string of the molecule is Cc1cc(Br)ccc1-n1[nH]c(C)c(C=NC(=O)Nc2ccc(Cl)c(Cl)c2)c1=O. The first kappa shape index (κ1) is 20.4. The van der Waals surface area contributed by atoms with Crippen molar-refractivity contribution in [3.05, 3.63) is 78.1 Å². The molecule has 2 aromatic carbocycles. The highest BCUT2D eigenvalue weighted by atomic mass is 79.9. The molecule has 0 aliphatic carbocycles. The molecule has 0 aliphatic heterocycles. The van der Waals surface area contributed by atoms with Crippen LogP contribution in [0.5, 0.6) is 0 Å². The first-order valence-electron chi connectivity index (χ1n) is 8.14. The monoisotopic (exact) mass is 480 g/mol. The van der Waals surface area contributed by atoms with E-state index in [1.54, 1.807) is 19.1 Å². The predicted octanol–water partition coefficient (Wildman–Crippen LogP) is 5.50. The fourth-order valence-corrected chi connectivity index (χ4v) is 3.38. The van der Waals surface area contributed by atoms with Crippen LogP contribution in [0, 0.1) is 13.8 Å². The molecule has 0 radical (unpaired) electrons. The Bertz CT molecular complexity index is 1150. The first-order chi connectivity index (χ1) is 13.3. The molecule has 28 heavy (non-hydrogen) atoms. The Morgan fingerprint density at radius 1 is 1.18 bits per heavy atom. The number of amides is 2. The van der Waals surface area contributed by atoms with Gasteiger partial charge < -0.3 is 5.32 Å². The van der Waals surface area contributed by atoms with Crippen LogP contribution in [0.25, 0.3) is 5.69 Å². The van der Waals surface area contributed by atoms with Gasteiger partial charge in [-0.25, -0.2) is 14.5 Å². The Balaban J connectivity index is 1.84. The van der Waals surface area contributed by atoms with Crippen molar-refractivity contribution in [1.29, 1.82) is 0 Å². The number of urea groups is 1. The minimum absolute atomic E-state index is 0.297. The standard InChI is InChI=1S/C19H15BrCl2N4O2/c1-10-7-12(20)3-6-17(10)26-18(27)14(11(2)25-26)9-23-19(28)24-13-4-5-15(21)16(22)8-13/h3-9,25H,1-2H3,(H,24,28). The van der Waals surface area contributed by atoms with E-state index in [-0.39, 0.29) is 5.56 Å². The van der Waals surface area contributed by atoms with E-state index in [4.69, 9.17) is 23.2 Å². The summed E-state index contributed by atoms with van der Waals surface area (Å²) in [6.45, 7) is 3.64. The van der Waals surface area contributed by atoms with Crippen molar-refractivity contribution in [3.63, 3.8) is 0 Å². The topological polar surface area (TPSA) is 79.2 Å². The largest absolute Gasteiger partial charge is 0.345 e. The number of aliphatic imine (C=N–C) groups is 1. The molecular weight excluding hydrogens is 467 g/mol. The normalized spacial score (nSPS) is 11.2. The van der Waals surface area contributed by atoms with Crippen LogP contribution in [0.1, 0.15) is 16.8 Å². The molecule has 0 spiro atoms. The second-order valence-electron chi connectivity index (χ2n) is 6.04. The molecule has 0 unspecified atom stereocenters. The Kier molecular flexibility index (Phi) is 6.07. The van der Waals surface area contributed by atoms with Crippen LogP contribution >= 0.6 is 39.1 Å². The number of anilines is 1. The van der Waals surface area contributed by atoms with Crippen LogP contribution in [0.2, 0.25) is 10.0 Å². The highest BCUT2D eigenvalue weighted by Crippen LogP contribution is 2.25. The number of carbonyl (C=O) groups is 1. The number of hydrogen-bond donors (Lipinski definition) is 2. The van der Waals surface area contributed by atoms with Gasteiger partial charge in [0.2, 0.25) is 0 Å². The van der Waals surface area contributed by atoms with E-state index in [9.17, 15) is 9.59 Å². The fourth-order valence-electron chi connectivity index (χ4n) is 2.60. The smallest absolute Gasteiger partial charge is 0.306 e. The molecule has 2 N–H and O–H groups in total. The van der Waals surface area contributed by atoms with Gasteiger partial charge in [-0.3, -0.25) is 9.89 Å². The molecular formula is C19H15BrCl2N4O2. The number of H-pyrrole nitrogens is 1. The van der Waals surface area contributed by atoms with Crippen LogP contribution < -0.4 is 10.9 Å². The molecule has 1 heterocycles. The van der Waals surface area contributed by atoms with Crippen molar-refractivity contribution in [2.75, 3.05) is 5.32 Å². The zero-order valence-corrected chi connectivity index (χ0v) is 18.0. The number of nitrogens with one attached hydrogen (secondary N) is 2. The number of nitrogens with zero attached hydrogens (tertiary/aromatic N) is 2. The average Bonchev–Trinajstić information content (AvgIpc) is 2.90. The van der Waals surface area contributed by atoms with Gasteiger partial charge in [0.05, 0.1) is 21.3 Å². The molecule has 9 heteroatoms. The molecule has 144 valence electrons. The Labute approximate surface area is 179 Å². The summed E-state index contributed by atoms with van der Waals surface area (Å²) in [5.41, 5.74) is 2.68. The lowest BCUT2D eigenvalue weighted by molar-refractivity contribution is 0.259. The molecule has 2 amide bonds. The Morgan fingerprint density at radius 3 is 2.61 bits per heavy atom. The van der Waals surface area contributed by atoms with Crippen molar-refractivity contribution >= 4 is 57.1 Å². The summed E-state index contributed by atoms with van der Waals surface area (Å²) in [5, 5.41) is 6.28. The number of benzene rings is 2. The molecule has 0 aliphatic rings. The van der Waals surface area contributed by atoms with Crippen LogP contribution in [-0.4, -0.2) is 22.0 Å². The molecule has 3 rings (SSSR count). The van der Waals surface area contributed by atoms with Crippen molar-refractivity contribution in [2.24, 2.45) is 4.99 Å². The van der Waals surface area contributed by atoms with Crippen molar-refractivity contribution in [3.8, 4) is 5.69 Å². The number of halogens is 3. The maximum absolute atomic E-state index is 12.7. The highest BCUT2D eigenvalue weighted by molar-refractivity contribution is 9.10. The average molecular weight is 482 g/mol. The quantitative estimate of drug-likeness (QED) is 0.484. The minimum atomic E-state index is -0.634. The molecule has 0 atom stereocenters. The summed E-state index contributed by atoms with van der Waals surface area (Å²) in [5.74, 6) is 0. The van der Waals surface area contributed by atoms with Crippen molar-refractivity contribution in [1.82, 2.24) is 9.78 Å². The lowest BCUT2D eigenvalue weighted by atomic mass is 10.2. The van der Waals surface area contributed by atoms with E-state index in [1.165, 1.54) is 17.0 Å². The van der Waals surface area contributed by atoms with E-state index in [0.29, 0.717) is 27.0 Å². The summed E-state index contributed by atoms with van der Waals surface area (Å²) in [6.07, 6.45) is 1.24. The van der Waals surface area contributed by atoms with E-state index >= 15 is 0 Å². The summed E-state index contributed by atoms with van der Waals surface area (Å²) in [7, 11) is 0. The van der Waals surface area contributed by atoms with Crippen molar-refractivity contribution in [2.45, 2.75) is 13.8 Å². The van der Waals surface area contributed by atoms with Crippen LogP contribution in [0.4, 0.5) is 10.5 Å². The molecule has 0 fully saturated rings. The molecule has 6 nitrogen and oxygen atoms in total. The number of aromatic amines is 1. The van der Waals surface area contributed by atoms with E-state index in [1.807, 2.05) is 25.1 Å².